The predicted molar refractivity (Wildman–Crippen MR) is 81.6 cm³/mol. The van der Waals surface area contributed by atoms with Crippen molar-refractivity contribution >= 4 is 0 Å². The van der Waals surface area contributed by atoms with E-state index in [1.165, 1.54) is 25.7 Å². The van der Waals surface area contributed by atoms with Crippen LogP contribution in [-0.2, 0) is 23.2 Å². The first-order valence-corrected chi connectivity index (χ1v) is 11.4. The Morgan fingerprint density at radius 3 is 1.81 bits per heavy atom. The Morgan fingerprint density at radius 2 is 1.29 bits per heavy atom. The summed E-state index contributed by atoms with van der Waals surface area (Å²) >= 11 is -0.437. The summed E-state index contributed by atoms with van der Waals surface area (Å²) in [4.78, 5) is 0. The number of rotatable bonds is 2. The minimum atomic E-state index is -0.437. The molecule has 4 fully saturated rings. The van der Waals surface area contributed by atoms with Gasteiger partial charge in [-0.15, -0.1) is 0 Å². The molecule has 0 aromatic rings. The molecule has 4 saturated carbocycles. The third-order valence-corrected chi connectivity index (χ3v) is 13.3. The normalized spacial score (nSPS) is 48.0. The Morgan fingerprint density at radius 1 is 0.762 bits per heavy atom. The van der Waals surface area contributed by atoms with E-state index in [0.717, 1.165) is 18.1 Å². The van der Waals surface area contributed by atoms with E-state index in [9.17, 15) is 0 Å². The molecule has 1 heteroatoms. The average Bonchev–Trinajstić information content (AvgIpc) is 3.27. The van der Waals surface area contributed by atoms with E-state index in [4.69, 9.17) is 0 Å². The van der Waals surface area contributed by atoms with Crippen LogP contribution in [0, 0.1) is 11.8 Å². The van der Waals surface area contributed by atoms with E-state index >= 15 is 0 Å². The Hall–Kier alpha value is -0.157. The summed E-state index contributed by atoms with van der Waals surface area (Å²) in [6.07, 6.45) is 22.2. The molecular weight excluding hydrogens is 331 g/mol. The molecule has 0 heterocycles. The topological polar surface area (TPSA) is 0 Å². The number of allylic oxidation sites excluding steroid dienone is 8. The molecule has 106 valence electrons. The second-order valence-corrected chi connectivity index (χ2v) is 13.5. The van der Waals surface area contributed by atoms with Crippen molar-refractivity contribution in [3.63, 3.8) is 0 Å². The zero-order valence-corrected chi connectivity index (χ0v) is 15.1. The van der Waals surface area contributed by atoms with E-state index < -0.39 is 23.2 Å². The quantitative estimate of drug-likeness (QED) is 0.612. The summed E-state index contributed by atoms with van der Waals surface area (Å²) in [7, 11) is 0. The van der Waals surface area contributed by atoms with Gasteiger partial charge in [-0.1, -0.05) is 0 Å². The Kier molecular flexibility index (Phi) is 2.25. The van der Waals surface area contributed by atoms with Gasteiger partial charge in [0.25, 0.3) is 0 Å². The summed E-state index contributed by atoms with van der Waals surface area (Å²) in [5.74, 6) is 1.95. The molecule has 4 unspecified atom stereocenters. The molecule has 0 saturated heterocycles. The fraction of sp³-hybridized carbons (Fsp3) is 0.600. The molecule has 0 aromatic heterocycles. The van der Waals surface area contributed by atoms with Crippen molar-refractivity contribution < 1.29 is 23.2 Å². The molecule has 0 aliphatic heterocycles. The predicted octanol–water partition coefficient (Wildman–Crippen LogP) is 5.53. The molecular formula is C20H22Zr. The fourth-order valence-corrected chi connectivity index (χ4v) is 13.9. The van der Waals surface area contributed by atoms with Gasteiger partial charge in [-0.3, -0.25) is 0 Å². The number of fused-ring (bicyclic) bond motifs is 10. The number of hydrogen-bond donors (Lipinski definition) is 0. The van der Waals surface area contributed by atoms with Crippen LogP contribution in [0.15, 0.2) is 46.6 Å². The van der Waals surface area contributed by atoms with Gasteiger partial charge < -0.3 is 0 Å². The zero-order chi connectivity index (χ0) is 13.7. The zero-order valence-electron chi connectivity index (χ0n) is 12.6. The molecule has 0 aromatic carbocycles. The van der Waals surface area contributed by atoms with Crippen molar-refractivity contribution in [2.24, 2.45) is 11.8 Å². The van der Waals surface area contributed by atoms with Crippen LogP contribution in [0.2, 0.25) is 6.25 Å². The molecule has 0 nitrogen and oxygen atoms in total. The van der Waals surface area contributed by atoms with Crippen molar-refractivity contribution in [3.8, 4) is 0 Å². The molecule has 6 aliphatic rings. The van der Waals surface area contributed by atoms with E-state index in [-0.39, 0.29) is 0 Å². The van der Waals surface area contributed by atoms with Crippen molar-refractivity contribution in [1.82, 2.24) is 0 Å². The molecule has 6 rings (SSSR count). The Balaban J connectivity index is 1.44. The molecule has 0 N–H and O–H groups in total. The van der Waals surface area contributed by atoms with Gasteiger partial charge in [-0.2, -0.15) is 0 Å². The molecule has 4 atom stereocenters. The molecule has 0 radical (unpaired) electrons. The SMILES string of the molecule is C1=C2C(=CC1)[C]1([Zr][C]34CCC(C3)C3=CCC=C34)CCC2C1. The first kappa shape index (κ1) is 12.3. The van der Waals surface area contributed by atoms with Gasteiger partial charge in [0.1, 0.15) is 0 Å². The van der Waals surface area contributed by atoms with Crippen LogP contribution in [0.3, 0.4) is 0 Å². The van der Waals surface area contributed by atoms with Gasteiger partial charge in [-0.05, 0) is 0 Å². The van der Waals surface area contributed by atoms with Crippen molar-refractivity contribution in [2.75, 3.05) is 0 Å². The maximum absolute atomic E-state index is 2.63. The molecule has 21 heavy (non-hydrogen) atoms. The first-order valence-electron chi connectivity index (χ1n) is 8.91. The summed E-state index contributed by atoms with van der Waals surface area (Å²) in [6.45, 7) is 0. The van der Waals surface area contributed by atoms with E-state index in [1.807, 2.05) is 22.3 Å². The second kappa shape index (κ2) is 3.84. The summed E-state index contributed by atoms with van der Waals surface area (Å²) in [5, 5.41) is 0. The van der Waals surface area contributed by atoms with Crippen molar-refractivity contribution in [1.29, 1.82) is 0 Å². The van der Waals surface area contributed by atoms with Gasteiger partial charge in [0.2, 0.25) is 0 Å². The number of hydrogen-bond acceptors (Lipinski definition) is 0. The Bertz CT molecular complexity index is 618. The molecule has 4 bridgehead atoms. The third-order valence-electron chi connectivity index (χ3n) is 7.36. The third kappa shape index (κ3) is 1.37. The van der Waals surface area contributed by atoms with Crippen LogP contribution in [0.1, 0.15) is 51.4 Å². The minimum absolute atomic E-state index is 0.437. The first-order chi connectivity index (χ1) is 10.3. The average molecular weight is 354 g/mol. The van der Waals surface area contributed by atoms with Gasteiger partial charge in [0.05, 0.1) is 0 Å². The summed E-state index contributed by atoms with van der Waals surface area (Å²) in [6, 6.07) is 0. The standard InChI is InChI=1S/2C10H11.Zr/c2*1-2-9-7-4-5-8(6-7)10(9)3-1;/h2*2-3,7H,1,4-6H2;. The van der Waals surface area contributed by atoms with E-state index in [0.29, 0.717) is 0 Å². The fourth-order valence-electron chi connectivity index (χ4n) is 6.71. The molecule has 6 aliphatic carbocycles. The van der Waals surface area contributed by atoms with Crippen LogP contribution in [0.4, 0.5) is 0 Å². The van der Waals surface area contributed by atoms with Crippen molar-refractivity contribution in [3.05, 3.63) is 46.6 Å². The van der Waals surface area contributed by atoms with E-state index in [2.05, 4.69) is 24.3 Å². The molecule has 0 amide bonds. The van der Waals surface area contributed by atoms with Gasteiger partial charge >= 0.3 is 139 Å². The van der Waals surface area contributed by atoms with Gasteiger partial charge in [0, 0.05) is 0 Å². The van der Waals surface area contributed by atoms with Crippen LogP contribution in [-0.4, -0.2) is 0 Å². The maximum atomic E-state index is 2.63. The van der Waals surface area contributed by atoms with E-state index in [1.54, 1.807) is 25.7 Å². The van der Waals surface area contributed by atoms with Gasteiger partial charge in [-0.25, -0.2) is 0 Å². The van der Waals surface area contributed by atoms with Crippen molar-refractivity contribution in [2.45, 2.75) is 57.6 Å². The van der Waals surface area contributed by atoms with Crippen LogP contribution < -0.4 is 0 Å². The summed E-state index contributed by atoms with van der Waals surface area (Å²) < 4.78 is 1.51. The molecule has 0 spiro atoms. The summed E-state index contributed by atoms with van der Waals surface area (Å²) in [5.41, 5.74) is 7.42. The Labute approximate surface area is 139 Å². The van der Waals surface area contributed by atoms with Crippen LogP contribution in [0.5, 0.6) is 0 Å². The second-order valence-electron chi connectivity index (χ2n) is 8.19. The van der Waals surface area contributed by atoms with Crippen LogP contribution in [0.25, 0.3) is 0 Å². The van der Waals surface area contributed by atoms with Gasteiger partial charge in [0.15, 0.2) is 0 Å². The van der Waals surface area contributed by atoms with Crippen LogP contribution >= 0.6 is 0 Å². The monoisotopic (exact) mass is 352 g/mol.